The molecule has 0 aromatic heterocycles. The molecule has 1 N–H and O–H groups in total. The molecule has 96 valence electrons. The Morgan fingerprint density at radius 1 is 1.29 bits per heavy atom. The molecule has 0 spiro atoms. The van der Waals surface area contributed by atoms with Crippen molar-refractivity contribution in [2.45, 2.75) is 31.2 Å². The monoisotopic (exact) mass is 319 g/mol. The molecule has 0 saturated heterocycles. The van der Waals surface area contributed by atoms with Gasteiger partial charge in [0.15, 0.2) is 9.84 Å². The van der Waals surface area contributed by atoms with E-state index in [2.05, 4.69) is 21.2 Å². The summed E-state index contributed by atoms with van der Waals surface area (Å²) in [6, 6.07) is 7.32. The quantitative estimate of drug-likeness (QED) is 0.820. The molecule has 0 aliphatic heterocycles. The fraction of sp³-hybridized carbons (Fsp3) is 0.500. The first kappa shape index (κ1) is 14.7. The predicted octanol–water partition coefficient (Wildman–Crippen LogP) is 2.61. The highest BCUT2D eigenvalue weighted by Crippen LogP contribution is 2.22. The molecule has 0 saturated carbocycles. The van der Waals surface area contributed by atoms with Crippen molar-refractivity contribution >= 4 is 25.8 Å². The molecule has 0 fully saturated rings. The van der Waals surface area contributed by atoms with Crippen LogP contribution in [0.4, 0.5) is 0 Å². The smallest absolute Gasteiger partial charge is 0.179 e. The second-order valence-corrected chi connectivity index (χ2v) is 7.14. The Kier molecular flexibility index (Phi) is 5.62. The van der Waals surface area contributed by atoms with Crippen molar-refractivity contribution in [2.75, 3.05) is 12.3 Å². The molecule has 5 heteroatoms. The zero-order valence-corrected chi connectivity index (χ0v) is 12.5. The maximum Gasteiger partial charge on any atom is 0.179 e. The molecule has 1 aromatic carbocycles. The summed E-state index contributed by atoms with van der Waals surface area (Å²) in [5.74, 6) is 0.176. The van der Waals surface area contributed by atoms with Gasteiger partial charge in [0.25, 0.3) is 0 Å². The first-order valence-electron chi connectivity index (χ1n) is 5.64. The minimum atomic E-state index is -3.18. The van der Waals surface area contributed by atoms with Gasteiger partial charge in [0.05, 0.1) is 10.6 Å². The van der Waals surface area contributed by atoms with Crippen molar-refractivity contribution in [3.8, 4) is 0 Å². The molecule has 0 unspecified atom stereocenters. The number of sulfone groups is 1. The van der Waals surface area contributed by atoms with Crippen molar-refractivity contribution in [3.63, 3.8) is 0 Å². The van der Waals surface area contributed by atoms with Gasteiger partial charge in [-0.25, -0.2) is 8.42 Å². The van der Waals surface area contributed by atoms with Crippen LogP contribution in [-0.4, -0.2) is 26.8 Å². The van der Waals surface area contributed by atoms with Crippen LogP contribution < -0.4 is 5.32 Å². The highest BCUT2D eigenvalue weighted by atomic mass is 79.9. The lowest BCUT2D eigenvalue weighted by Gasteiger charge is -2.09. The zero-order valence-electron chi connectivity index (χ0n) is 10.1. The Bertz CT molecular complexity index is 457. The molecular formula is C12H18BrNO2S. The van der Waals surface area contributed by atoms with E-state index in [9.17, 15) is 8.42 Å². The van der Waals surface area contributed by atoms with Gasteiger partial charge < -0.3 is 5.32 Å². The third kappa shape index (κ3) is 4.77. The number of hydrogen-bond acceptors (Lipinski definition) is 3. The molecular weight excluding hydrogens is 302 g/mol. The second-order valence-electron chi connectivity index (χ2n) is 4.21. The van der Waals surface area contributed by atoms with Gasteiger partial charge in [-0.15, -0.1) is 0 Å². The molecule has 0 bridgehead atoms. The van der Waals surface area contributed by atoms with Crippen molar-refractivity contribution in [1.29, 1.82) is 0 Å². The number of nitrogens with one attached hydrogen (secondary N) is 1. The molecule has 0 aliphatic rings. The topological polar surface area (TPSA) is 46.2 Å². The van der Waals surface area contributed by atoms with E-state index >= 15 is 0 Å². The molecule has 0 atom stereocenters. The van der Waals surface area contributed by atoms with Crippen LogP contribution in [0.25, 0.3) is 0 Å². The SMILES string of the molecule is CC(C)NCCCS(=O)(=O)c1ccccc1Br. The third-order valence-corrected chi connectivity index (χ3v) is 5.12. The molecule has 0 amide bonds. The highest BCUT2D eigenvalue weighted by Gasteiger charge is 2.16. The average Bonchev–Trinajstić information content (AvgIpc) is 2.24. The molecule has 0 heterocycles. The predicted molar refractivity (Wildman–Crippen MR) is 74.0 cm³/mol. The van der Waals surface area contributed by atoms with E-state index in [-0.39, 0.29) is 5.75 Å². The van der Waals surface area contributed by atoms with Crippen LogP contribution in [0.15, 0.2) is 33.6 Å². The van der Waals surface area contributed by atoms with Gasteiger partial charge in [-0.05, 0) is 41.0 Å². The number of hydrogen-bond donors (Lipinski definition) is 1. The Labute approximate surface area is 112 Å². The van der Waals surface area contributed by atoms with E-state index in [1.165, 1.54) is 0 Å². The lowest BCUT2D eigenvalue weighted by Crippen LogP contribution is -2.25. The first-order chi connectivity index (χ1) is 7.93. The number of rotatable bonds is 6. The molecule has 0 aliphatic carbocycles. The molecule has 0 radical (unpaired) electrons. The van der Waals surface area contributed by atoms with E-state index in [4.69, 9.17) is 0 Å². The summed E-state index contributed by atoms with van der Waals surface area (Å²) in [6.07, 6.45) is 0.627. The van der Waals surface area contributed by atoms with Gasteiger partial charge in [0.2, 0.25) is 0 Å². The van der Waals surface area contributed by atoms with Gasteiger partial charge in [-0.1, -0.05) is 26.0 Å². The summed E-state index contributed by atoms with van der Waals surface area (Å²) in [5.41, 5.74) is 0. The molecule has 17 heavy (non-hydrogen) atoms. The maximum absolute atomic E-state index is 12.0. The van der Waals surface area contributed by atoms with Crippen LogP contribution >= 0.6 is 15.9 Å². The van der Waals surface area contributed by atoms with E-state index in [1.807, 2.05) is 19.9 Å². The summed E-state index contributed by atoms with van der Waals surface area (Å²) < 4.78 is 24.7. The highest BCUT2D eigenvalue weighted by molar-refractivity contribution is 9.10. The molecule has 3 nitrogen and oxygen atoms in total. The largest absolute Gasteiger partial charge is 0.314 e. The van der Waals surface area contributed by atoms with Crippen molar-refractivity contribution < 1.29 is 8.42 Å². The summed E-state index contributed by atoms with van der Waals surface area (Å²) in [6.45, 7) is 4.81. The van der Waals surface area contributed by atoms with E-state index in [0.29, 0.717) is 21.8 Å². The Morgan fingerprint density at radius 3 is 2.53 bits per heavy atom. The molecule has 1 rings (SSSR count). The van der Waals surface area contributed by atoms with Gasteiger partial charge in [0.1, 0.15) is 0 Å². The maximum atomic E-state index is 12.0. The van der Waals surface area contributed by atoms with Crippen LogP contribution in [0, 0.1) is 0 Å². The van der Waals surface area contributed by atoms with Gasteiger partial charge in [0, 0.05) is 10.5 Å². The molecule has 1 aromatic rings. The summed E-state index contributed by atoms with van der Waals surface area (Å²) in [7, 11) is -3.18. The zero-order chi connectivity index (χ0) is 12.9. The summed E-state index contributed by atoms with van der Waals surface area (Å²) >= 11 is 3.27. The van der Waals surface area contributed by atoms with E-state index < -0.39 is 9.84 Å². The average molecular weight is 320 g/mol. The lowest BCUT2D eigenvalue weighted by molar-refractivity contribution is 0.568. The van der Waals surface area contributed by atoms with Crippen LogP contribution in [0.5, 0.6) is 0 Å². The van der Waals surface area contributed by atoms with Gasteiger partial charge >= 0.3 is 0 Å². The van der Waals surface area contributed by atoms with Crippen LogP contribution in [0.2, 0.25) is 0 Å². The Balaban J connectivity index is 2.61. The number of halogens is 1. The second kappa shape index (κ2) is 6.52. The third-order valence-electron chi connectivity index (χ3n) is 2.31. The van der Waals surface area contributed by atoms with E-state index in [0.717, 1.165) is 6.54 Å². The van der Waals surface area contributed by atoms with Crippen molar-refractivity contribution in [2.24, 2.45) is 0 Å². The fourth-order valence-electron chi connectivity index (χ4n) is 1.46. The van der Waals surface area contributed by atoms with Crippen molar-refractivity contribution in [3.05, 3.63) is 28.7 Å². The standard InChI is InChI=1S/C12H18BrNO2S/c1-10(2)14-8-5-9-17(15,16)12-7-4-3-6-11(12)13/h3-4,6-7,10,14H,5,8-9H2,1-2H3. The van der Waals surface area contributed by atoms with Gasteiger partial charge in [-0.3, -0.25) is 0 Å². The van der Waals surface area contributed by atoms with Crippen LogP contribution in [0.3, 0.4) is 0 Å². The van der Waals surface area contributed by atoms with Crippen LogP contribution in [0.1, 0.15) is 20.3 Å². The number of benzene rings is 1. The first-order valence-corrected chi connectivity index (χ1v) is 8.08. The fourth-order valence-corrected chi connectivity index (χ4v) is 3.88. The van der Waals surface area contributed by atoms with Crippen molar-refractivity contribution in [1.82, 2.24) is 5.32 Å². The summed E-state index contributed by atoms with van der Waals surface area (Å²) in [4.78, 5) is 0.379. The minimum absolute atomic E-state index is 0.176. The lowest BCUT2D eigenvalue weighted by atomic mass is 10.4. The summed E-state index contributed by atoms with van der Waals surface area (Å²) in [5, 5.41) is 3.21. The Hall–Kier alpha value is -0.390. The minimum Gasteiger partial charge on any atom is -0.314 e. The normalized spacial score (nSPS) is 12.0. The van der Waals surface area contributed by atoms with Crippen LogP contribution in [-0.2, 0) is 9.84 Å². The van der Waals surface area contributed by atoms with Gasteiger partial charge in [-0.2, -0.15) is 0 Å². The Morgan fingerprint density at radius 2 is 1.94 bits per heavy atom. The van der Waals surface area contributed by atoms with E-state index in [1.54, 1.807) is 18.2 Å².